The van der Waals surface area contributed by atoms with Crippen molar-refractivity contribution < 1.29 is 15.0 Å². The Morgan fingerprint density at radius 1 is 1.11 bits per heavy atom. The van der Waals surface area contributed by atoms with Crippen LogP contribution in [-0.2, 0) is 4.79 Å². The summed E-state index contributed by atoms with van der Waals surface area (Å²) in [5.41, 5.74) is 5.63. The van der Waals surface area contributed by atoms with E-state index in [-0.39, 0.29) is 6.42 Å². The van der Waals surface area contributed by atoms with Crippen molar-refractivity contribution in [2.45, 2.75) is 84.3 Å². The van der Waals surface area contributed by atoms with Crippen molar-refractivity contribution in [3.63, 3.8) is 0 Å². The van der Waals surface area contributed by atoms with E-state index in [1.54, 1.807) is 0 Å². The van der Waals surface area contributed by atoms with E-state index in [0.717, 1.165) is 0 Å². The molecule has 18 heavy (non-hydrogen) atoms. The number of nitrogens with two attached hydrogens (primary N) is 1. The van der Waals surface area contributed by atoms with Gasteiger partial charge in [-0.05, 0) is 20.3 Å². The van der Waals surface area contributed by atoms with Gasteiger partial charge < -0.3 is 15.9 Å². The zero-order valence-corrected chi connectivity index (χ0v) is 12.2. The average molecular weight is 261 g/mol. The number of carbonyl (C=O) groups is 1. The van der Waals surface area contributed by atoms with Crippen LogP contribution in [0.1, 0.15) is 72.1 Å². The minimum atomic E-state index is -0.963. The Labute approximate surface area is 112 Å². The Morgan fingerprint density at radius 2 is 1.61 bits per heavy atom. The second-order valence-electron chi connectivity index (χ2n) is 4.98. The van der Waals surface area contributed by atoms with Crippen LogP contribution in [0.15, 0.2) is 0 Å². The molecular weight excluding hydrogens is 230 g/mol. The number of carboxylic acid groups (broad SMARTS) is 1. The van der Waals surface area contributed by atoms with Crippen LogP contribution in [-0.4, -0.2) is 28.3 Å². The predicted molar refractivity (Wildman–Crippen MR) is 75.6 cm³/mol. The Balaban J connectivity index is 0. The molecule has 0 fully saturated rings. The van der Waals surface area contributed by atoms with Gasteiger partial charge in [-0.25, -0.2) is 0 Å². The lowest BCUT2D eigenvalue weighted by molar-refractivity contribution is -0.138. The van der Waals surface area contributed by atoms with E-state index < -0.39 is 12.1 Å². The van der Waals surface area contributed by atoms with E-state index in [2.05, 4.69) is 13.8 Å². The van der Waals surface area contributed by atoms with Gasteiger partial charge in [0.1, 0.15) is 0 Å². The molecule has 0 radical (unpaired) electrons. The minimum Gasteiger partial charge on any atom is -0.481 e. The van der Waals surface area contributed by atoms with Crippen molar-refractivity contribution in [3.8, 4) is 0 Å². The summed E-state index contributed by atoms with van der Waals surface area (Å²) >= 11 is 0. The van der Waals surface area contributed by atoms with Crippen LogP contribution in [0.4, 0.5) is 0 Å². The highest BCUT2D eigenvalue weighted by molar-refractivity contribution is 5.67. The molecule has 110 valence electrons. The molecule has 0 heterocycles. The summed E-state index contributed by atoms with van der Waals surface area (Å²) in [6.07, 6.45) is 8.56. The highest BCUT2D eigenvalue weighted by Gasteiger charge is 2.00. The third-order valence-corrected chi connectivity index (χ3v) is 2.48. The van der Waals surface area contributed by atoms with Gasteiger partial charge in [-0.2, -0.15) is 0 Å². The molecule has 0 aromatic carbocycles. The molecule has 0 amide bonds. The molecule has 2 unspecified atom stereocenters. The Bertz CT molecular complexity index is 182. The summed E-state index contributed by atoms with van der Waals surface area (Å²) in [6.45, 7) is 5.78. The second-order valence-corrected chi connectivity index (χ2v) is 4.98. The third-order valence-electron chi connectivity index (χ3n) is 2.48. The lowest BCUT2D eigenvalue weighted by atomic mass is 10.1. The van der Waals surface area contributed by atoms with Crippen LogP contribution in [0.25, 0.3) is 0 Å². The zero-order valence-electron chi connectivity index (χ0n) is 12.2. The smallest absolute Gasteiger partial charge is 0.305 e. The number of unbranched alkanes of at least 4 members (excludes halogenated alkanes) is 5. The van der Waals surface area contributed by atoms with Gasteiger partial charge in [-0.15, -0.1) is 0 Å². The summed E-state index contributed by atoms with van der Waals surface area (Å²) in [5, 5.41) is 16.3. The summed E-state index contributed by atoms with van der Waals surface area (Å²) in [5.74, 6) is -0.963. The van der Waals surface area contributed by atoms with Crippen LogP contribution in [0, 0.1) is 0 Å². The Hall–Kier alpha value is -0.610. The molecule has 4 heteroatoms. The fourth-order valence-corrected chi connectivity index (χ4v) is 1.50. The summed E-state index contributed by atoms with van der Waals surface area (Å²) in [7, 11) is 0. The van der Waals surface area contributed by atoms with E-state index >= 15 is 0 Å². The quantitative estimate of drug-likeness (QED) is 0.557. The summed E-state index contributed by atoms with van der Waals surface area (Å²) in [4.78, 5) is 9.65. The molecule has 0 aliphatic heterocycles. The molecule has 0 saturated heterocycles. The van der Waals surface area contributed by atoms with E-state index in [4.69, 9.17) is 15.9 Å². The Kier molecular flexibility index (Phi) is 15.8. The van der Waals surface area contributed by atoms with Crippen LogP contribution in [0.5, 0.6) is 0 Å². The molecular formula is C14H31NO3. The van der Waals surface area contributed by atoms with E-state index in [1.807, 2.05) is 0 Å². The largest absolute Gasteiger partial charge is 0.481 e. The van der Waals surface area contributed by atoms with Gasteiger partial charge in [0.05, 0.1) is 12.5 Å². The average Bonchev–Trinajstić information content (AvgIpc) is 2.21. The van der Waals surface area contributed by atoms with Gasteiger partial charge >= 0.3 is 5.97 Å². The van der Waals surface area contributed by atoms with Gasteiger partial charge in [0.25, 0.3) is 0 Å². The van der Waals surface area contributed by atoms with E-state index in [1.165, 1.54) is 51.9 Å². The van der Waals surface area contributed by atoms with Gasteiger partial charge in [-0.1, -0.05) is 45.4 Å². The molecule has 4 N–H and O–H groups in total. The second kappa shape index (κ2) is 14.5. The summed E-state index contributed by atoms with van der Waals surface area (Å²) < 4.78 is 0. The third kappa shape index (κ3) is 24.6. The van der Waals surface area contributed by atoms with Gasteiger partial charge in [0, 0.05) is 6.04 Å². The van der Waals surface area contributed by atoms with Gasteiger partial charge in [0.2, 0.25) is 0 Å². The number of hydrogen-bond acceptors (Lipinski definition) is 3. The molecule has 0 bridgehead atoms. The van der Waals surface area contributed by atoms with Crippen LogP contribution in [0.2, 0.25) is 0 Å². The topological polar surface area (TPSA) is 83.5 Å². The Morgan fingerprint density at radius 3 is 1.94 bits per heavy atom. The fraction of sp³-hybridized carbons (Fsp3) is 0.929. The van der Waals surface area contributed by atoms with Crippen molar-refractivity contribution in [1.82, 2.24) is 0 Å². The molecule has 0 rings (SSSR count). The van der Waals surface area contributed by atoms with Crippen LogP contribution < -0.4 is 5.73 Å². The maximum atomic E-state index is 9.65. The van der Waals surface area contributed by atoms with Crippen molar-refractivity contribution >= 4 is 5.97 Å². The van der Waals surface area contributed by atoms with Crippen molar-refractivity contribution in [3.05, 3.63) is 0 Å². The minimum absolute atomic E-state index is 0.167. The van der Waals surface area contributed by atoms with Crippen molar-refractivity contribution in [2.75, 3.05) is 0 Å². The fourth-order valence-electron chi connectivity index (χ4n) is 1.50. The number of hydrogen-bond donors (Lipinski definition) is 3. The molecule has 0 aromatic heterocycles. The van der Waals surface area contributed by atoms with Gasteiger partial charge in [-0.3, -0.25) is 4.79 Å². The van der Waals surface area contributed by atoms with Crippen molar-refractivity contribution in [1.29, 1.82) is 0 Å². The molecule has 0 spiro atoms. The lowest BCUT2D eigenvalue weighted by Crippen LogP contribution is -2.13. The first-order valence-corrected chi connectivity index (χ1v) is 7.05. The number of aliphatic hydroxyl groups excluding tert-OH is 1. The normalized spacial score (nSPS) is 13.4. The molecule has 0 aliphatic rings. The lowest BCUT2D eigenvalue weighted by Gasteiger charge is -2.03. The van der Waals surface area contributed by atoms with E-state index in [9.17, 15) is 4.79 Å². The number of rotatable bonds is 9. The maximum Gasteiger partial charge on any atom is 0.305 e. The number of aliphatic carboxylic acids is 1. The first-order chi connectivity index (χ1) is 8.40. The first kappa shape index (κ1) is 19.7. The summed E-state index contributed by atoms with van der Waals surface area (Å²) in [6, 6.07) is 0.404. The first-order valence-electron chi connectivity index (χ1n) is 7.05. The highest BCUT2D eigenvalue weighted by atomic mass is 16.4. The molecule has 2 atom stereocenters. The zero-order chi connectivity index (χ0) is 14.4. The van der Waals surface area contributed by atoms with Crippen LogP contribution in [0.3, 0.4) is 0 Å². The maximum absolute atomic E-state index is 9.65. The SMILES string of the molecule is CC(O)CC(=O)O.CCCCCCCCC(C)N. The molecule has 0 aromatic rings. The highest BCUT2D eigenvalue weighted by Crippen LogP contribution is 2.07. The molecule has 4 nitrogen and oxygen atoms in total. The number of aliphatic hydroxyl groups is 1. The van der Waals surface area contributed by atoms with Crippen LogP contribution >= 0.6 is 0 Å². The monoisotopic (exact) mass is 261 g/mol. The molecule has 0 saturated carbocycles. The number of carboxylic acids is 1. The van der Waals surface area contributed by atoms with Gasteiger partial charge in [0.15, 0.2) is 0 Å². The van der Waals surface area contributed by atoms with Crippen molar-refractivity contribution in [2.24, 2.45) is 5.73 Å². The standard InChI is InChI=1S/C10H23N.C4H8O3/c1-3-4-5-6-7-8-9-10(2)11;1-3(5)2-4(6)7/h10H,3-9,11H2,1-2H3;3,5H,2H2,1H3,(H,6,7). The van der Waals surface area contributed by atoms with E-state index in [0.29, 0.717) is 6.04 Å². The molecule has 0 aliphatic carbocycles. The predicted octanol–water partition coefficient (Wildman–Crippen LogP) is 2.93.